The van der Waals surface area contributed by atoms with Gasteiger partial charge in [-0.2, -0.15) is 8.42 Å². The number of barbiturate groups is 1. The first kappa shape index (κ1) is 31.6. The lowest BCUT2D eigenvalue weighted by molar-refractivity contribution is -0.122. The van der Waals surface area contributed by atoms with Crippen LogP contribution in [0.25, 0.3) is 6.08 Å². The topological polar surface area (TPSA) is 128 Å². The average molecular weight is 668 g/mol. The van der Waals surface area contributed by atoms with Crippen LogP contribution in [0.1, 0.15) is 16.7 Å². The molecule has 4 aromatic carbocycles. The standard InChI is InChI=1S/C32H24Cl2N2O8S/c1-19-3-12-25(13-4-19)45(40,41)44-28-14-5-20(16-29(28)42-2)15-26-30(37)35-32(39)36(31(26)38)23-8-10-24(11-9-23)43-18-21-6-7-22(33)17-27(21)34/h3-17H,18H2,1-2H3,(H,35,37,39)/b26-15+. The number of hydrogen-bond donors (Lipinski definition) is 1. The molecule has 0 radical (unpaired) electrons. The molecule has 230 valence electrons. The highest BCUT2D eigenvalue weighted by Gasteiger charge is 2.37. The van der Waals surface area contributed by atoms with E-state index in [0.29, 0.717) is 26.9 Å². The van der Waals surface area contributed by atoms with E-state index in [4.69, 9.17) is 36.9 Å². The lowest BCUT2D eigenvalue weighted by atomic mass is 10.1. The van der Waals surface area contributed by atoms with Gasteiger partial charge in [0.05, 0.1) is 12.8 Å². The van der Waals surface area contributed by atoms with Crippen molar-refractivity contribution in [2.45, 2.75) is 18.4 Å². The Morgan fingerprint density at radius 3 is 2.24 bits per heavy atom. The molecule has 1 heterocycles. The van der Waals surface area contributed by atoms with E-state index >= 15 is 0 Å². The van der Waals surface area contributed by atoms with Gasteiger partial charge >= 0.3 is 16.1 Å². The quantitative estimate of drug-likeness (QED) is 0.125. The predicted molar refractivity (Wildman–Crippen MR) is 168 cm³/mol. The van der Waals surface area contributed by atoms with E-state index in [1.807, 2.05) is 6.92 Å². The number of imide groups is 2. The van der Waals surface area contributed by atoms with Gasteiger partial charge in [-0.05, 0) is 79.2 Å². The van der Waals surface area contributed by atoms with Crippen molar-refractivity contribution in [3.05, 3.63) is 117 Å². The number of carbonyl (C=O) groups is 3. The van der Waals surface area contributed by atoms with E-state index < -0.39 is 28.0 Å². The second-order valence-corrected chi connectivity index (χ2v) is 12.1. The van der Waals surface area contributed by atoms with E-state index in [2.05, 4.69) is 5.32 Å². The van der Waals surface area contributed by atoms with Crippen LogP contribution in [0.4, 0.5) is 10.5 Å². The zero-order valence-corrected chi connectivity index (χ0v) is 26.1. The number of ether oxygens (including phenoxy) is 2. The Morgan fingerprint density at radius 1 is 0.867 bits per heavy atom. The molecular formula is C32H24Cl2N2O8S. The number of nitrogens with one attached hydrogen (secondary N) is 1. The number of benzene rings is 4. The first-order chi connectivity index (χ1) is 21.4. The fraction of sp³-hybridized carbons (Fsp3) is 0.0938. The fourth-order valence-electron chi connectivity index (χ4n) is 4.26. The minimum absolute atomic E-state index is 0.0344. The van der Waals surface area contributed by atoms with Crippen molar-refractivity contribution in [1.82, 2.24) is 5.32 Å². The van der Waals surface area contributed by atoms with Gasteiger partial charge in [-0.25, -0.2) is 9.69 Å². The Kier molecular flexibility index (Phi) is 9.14. The van der Waals surface area contributed by atoms with Crippen LogP contribution >= 0.6 is 23.2 Å². The van der Waals surface area contributed by atoms with Crippen molar-refractivity contribution >= 4 is 62.9 Å². The summed E-state index contributed by atoms with van der Waals surface area (Å²) in [6.07, 6.45) is 1.26. The molecular weight excluding hydrogens is 643 g/mol. The van der Waals surface area contributed by atoms with Gasteiger partial charge < -0.3 is 13.7 Å². The monoisotopic (exact) mass is 666 g/mol. The summed E-state index contributed by atoms with van der Waals surface area (Å²) in [5.74, 6) is -1.39. The molecule has 0 aliphatic carbocycles. The Labute approximate surface area is 268 Å². The molecule has 1 aliphatic heterocycles. The summed E-state index contributed by atoms with van der Waals surface area (Å²) >= 11 is 12.1. The zero-order chi connectivity index (χ0) is 32.3. The Hall–Kier alpha value is -4.84. The first-order valence-corrected chi connectivity index (χ1v) is 15.4. The molecule has 13 heteroatoms. The van der Waals surface area contributed by atoms with Crippen LogP contribution in [0.3, 0.4) is 0 Å². The first-order valence-electron chi connectivity index (χ1n) is 13.2. The minimum Gasteiger partial charge on any atom is -0.493 e. The molecule has 1 saturated heterocycles. The van der Waals surface area contributed by atoms with Crippen LogP contribution in [0.15, 0.2) is 95.4 Å². The highest BCUT2D eigenvalue weighted by atomic mass is 35.5. The molecule has 1 aliphatic rings. The maximum absolute atomic E-state index is 13.4. The second kappa shape index (κ2) is 13.0. The molecule has 0 aromatic heterocycles. The highest BCUT2D eigenvalue weighted by molar-refractivity contribution is 7.87. The number of methoxy groups -OCH3 is 1. The molecule has 0 bridgehead atoms. The molecule has 0 atom stereocenters. The largest absolute Gasteiger partial charge is 0.493 e. The third kappa shape index (κ3) is 7.12. The number of hydrogen-bond acceptors (Lipinski definition) is 8. The summed E-state index contributed by atoms with van der Waals surface area (Å²) in [7, 11) is -2.85. The average Bonchev–Trinajstić information content (AvgIpc) is 3.00. The predicted octanol–water partition coefficient (Wildman–Crippen LogP) is 6.32. The fourth-order valence-corrected chi connectivity index (χ4v) is 5.67. The zero-order valence-electron chi connectivity index (χ0n) is 23.7. The molecule has 1 fully saturated rings. The molecule has 4 aromatic rings. The summed E-state index contributed by atoms with van der Waals surface area (Å²) in [6, 6.07) is 20.5. The Morgan fingerprint density at radius 2 is 1.58 bits per heavy atom. The van der Waals surface area contributed by atoms with Gasteiger partial charge in [0.2, 0.25) is 0 Å². The Bertz CT molecular complexity index is 1940. The van der Waals surface area contributed by atoms with Crippen LogP contribution < -0.4 is 23.9 Å². The van der Waals surface area contributed by atoms with E-state index in [9.17, 15) is 22.8 Å². The van der Waals surface area contributed by atoms with Crippen molar-refractivity contribution in [1.29, 1.82) is 0 Å². The molecule has 1 N–H and O–H groups in total. The number of aryl methyl sites for hydroxylation is 1. The molecule has 45 heavy (non-hydrogen) atoms. The summed E-state index contributed by atoms with van der Waals surface area (Å²) in [5, 5.41) is 3.11. The molecule has 0 saturated carbocycles. The van der Waals surface area contributed by atoms with Gasteiger partial charge in [-0.3, -0.25) is 14.9 Å². The molecule has 0 spiro atoms. The van der Waals surface area contributed by atoms with E-state index in [1.54, 1.807) is 42.5 Å². The second-order valence-electron chi connectivity index (χ2n) is 9.74. The normalized spacial score (nSPS) is 14.4. The third-order valence-electron chi connectivity index (χ3n) is 6.61. The van der Waals surface area contributed by atoms with Crippen LogP contribution in [0, 0.1) is 6.92 Å². The SMILES string of the molecule is COc1cc(/C=C2\C(=O)NC(=O)N(c3ccc(OCc4ccc(Cl)cc4Cl)cc3)C2=O)ccc1OS(=O)(=O)c1ccc(C)cc1. The van der Waals surface area contributed by atoms with Gasteiger partial charge in [0.15, 0.2) is 11.5 Å². The summed E-state index contributed by atoms with van der Waals surface area (Å²) in [5.41, 5.74) is 1.76. The van der Waals surface area contributed by atoms with Gasteiger partial charge in [0.1, 0.15) is 22.8 Å². The third-order valence-corrected chi connectivity index (χ3v) is 8.45. The maximum atomic E-state index is 13.4. The van der Waals surface area contributed by atoms with Gasteiger partial charge in [0, 0.05) is 15.6 Å². The highest BCUT2D eigenvalue weighted by Crippen LogP contribution is 2.32. The summed E-state index contributed by atoms with van der Waals surface area (Å²) < 4.78 is 41.9. The number of rotatable bonds is 9. The number of nitrogens with zero attached hydrogens (tertiary/aromatic N) is 1. The molecule has 4 amide bonds. The van der Waals surface area contributed by atoms with Crippen molar-refractivity contribution in [3.63, 3.8) is 0 Å². The maximum Gasteiger partial charge on any atom is 0.339 e. The lowest BCUT2D eigenvalue weighted by Gasteiger charge is -2.26. The van der Waals surface area contributed by atoms with Crippen LogP contribution in [-0.4, -0.2) is 33.4 Å². The van der Waals surface area contributed by atoms with Gasteiger partial charge in [-0.1, -0.05) is 53.0 Å². The lowest BCUT2D eigenvalue weighted by Crippen LogP contribution is -2.54. The summed E-state index contributed by atoms with van der Waals surface area (Å²) in [4.78, 5) is 39.5. The van der Waals surface area contributed by atoms with E-state index in [-0.39, 0.29) is 34.3 Å². The van der Waals surface area contributed by atoms with Crippen LogP contribution in [0.2, 0.25) is 10.0 Å². The number of carbonyl (C=O) groups excluding carboxylic acids is 3. The number of urea groups is 1. The van der Waals surface area contributed by atoms with E-state index in [0.717, 1.165) is 10.5 Å². The minimum atomic E-state index is -4.17. The van der Waals surface area contributed by atoms with Crippen LogP contribution in [-0.2, 0) is 26.3 Å². The number of halogens is 2. The van der Waals surface area contributed by atoms with Crippen molar-refractivity contribution in [3.8, 4) is 17.2 Å². The van der Waals surface area contributed by atoms with Crippen LogP contribution in [0.5, 0.6) is 17.2 Å². The van der Waals surface area contributed by atoms with Crippen molar-refractivity contribution in [2.75, 3.05) is 12.0 Å². The van der Waals surface area contributed by atoms with Crippen molar-refractivity contribution < 1.29 is 36.5 Å². The number of amides is 4. The van der Waals surface area contributed by atoms with Gasteiger partial charge in [-0.15, -0.1) is 0 Å². The van der Waals surface area contributed by atoms with Crippen molar-refractivity contribution in [2.24, 2.45) is 0 Å². The Balaban J connectivity index is 1.34. The number of anilines is 1. The van der Waals surface area contributed by atoms with E-state index in [1.165, 1.54) is 55.7 Å². The smallest absolute Gasteiger partial charge is 0.339 e. The molecule has 5 rings (SSSR count). The summed E-state index contributed by atoms with van der Waals surface area (Å²) in [6.45, 7) is 1.98. The van der Waals surface area contributed by atoms with Gasteiger partial charge in [0.25, 0.3) is 11.8 Å². The molecule has 0 unspecified atom stereocenters. The molecule has 10 nitrogen and oxygen atoms in total.